The molecular formula is C21H27N3O3S. The molecule has 1 amide bonds. The molecular weight excluding hydrogens is 374 g/mol. The van der Waals surface area contributed by atoms with Crippen LogP contribution >= 0.6 is 0 Å². The quantitative estimate of drug-likeness (QED) is 0.774. The van der Waals surface area contributed by atoms with E-state index >= 15 is 0 Å². The lowest BCUT2D eigenvalue weighted by molar-refractivity contribution is 0.0692. The molecule has 1 aliphatic heterocycles. The van der Waals surface area contributed by atoms with Gasteiger partial charge in [-0.25, -0.2) is 13.1 Å². The minimum atomic E-state index is -3.50. The summed E-state index contributed by atoms with van der Waals surface area (Å²) in [5.74, 6) is 0.240. The molecule has 7 heteroatoms. The third-order valence-corrected chi connectivity index (χ3v) is 6.60. The van der Waals surface area contributed by atoms with Crippen molar-refractivity contribution in [2.24, 2.45) is 5.92 Å². The first kappa shape index (κ1) is 20.5. The molecule has 0 aliphatic carbocycles. The summed E-state index contributed by atoms with van der Waals surface area (Å²) in [5.41, 5.74) is 1.79. The molecule has 1 saturated heterocycles. The van der Waals surface area contributed by atoms with Gasteiger partial charge in [-0.2, -0.15) is 0 Å². The SMILES string of the molecule is CCCc1ccc(S(=O)(=O)NCC2CCN(C(=O)c3ccncc3)CC2)cc1. The minimum Gasteiger partial charge on any atom is -0.339 e. The van der Waals surface area contributed by atoms with Crippen LogP contribution in [0.5, 0.6) is 0 Å². The Bertz CT molecular complexity index is 875. The van der Waals surface area contributed by atoms with E-state index < -0.39 is 10.0 Å². The van der Waals surface area contributed by atoms with Crippen LogP contribution in [-0.2, 0) is 16.4 Å². The summed E-state index contributed by atoms with van der Waals surface area (Å²) in [6.07, 6.45) is 6.79. The maximum Gasteiger partial charge on any atom is 0.253 e. The van der Waals surface area contributed by atoms with Crippen molar-refractivity contribution in [1.29, 1.82) is 0 Å². The molecule has 3 rings (SSSR count). The number of pyridine rings is 1. The molecule has 150 valence electrons. The normalized spacial score (nSPS) is 15.5. The number of aromatic nitrogens is 1. The third kappa shape index (κ3) is 5.17. The number of amides is 1. The van der Waals surface area contributed by atoms with Crippen LogP contribution in [-0.4, -0.2) is 43.8 Å². The van der Waals surface area contributed by atoms with E-state index in [-0.39, 0.29) is 11.8 Å². The van der Waals surface area contributed by atoms with Gasteiger partial charge in [-0.3, -0.25) is 9.78 Å². The van der Waals surface area contributed by atoms with Crippen LogP contribution in [0.3, 0.4) is 0 Å². The fourth-order valence-corrected chi connectivity index (χ4v) is 4.57. The fourth-order valence-electron chi connectivity index (χ4n) is 3.45. The van der Waals surface area contributed by atoms with Crippen LogP contribution in [0, 0.1) is 5.92 Å². The summed E-state index contributed by atoms with van der Waals surface area (Å²) in [6, 6.07) is 10.5. The van der Waals surface area contributed by atoms with Gasteiger partial charge in [-0.1, -0.05) is 25.5 Å². The van der Waals surface area contributed by atoms with Crippen molar-refractivity contribution in [2.45, 2.75) is 37.5 Å². The highest BCUT2D eigenvalue weighted by Crippen LogP contribution is 2.19. The number of rotatable bonds is 7. The minimum absolute atomic E-state index is 0.00796. The molecule has 0 spiro atoms. The Hall–Kier alpha value is -2.25. The maximum absolute atomic E-state index is 12.5. The summed E-state index contributed by atoms with van der Waals surface area (Å²) < 4.78 is 27.8. The first-order valence-electron chi connectivity index (χ1n) is 9.77. The van der Waals surface area contributed by atoms with E-state index in [2.05, 4.69) is 16.6 Å². The van der Waals surface area contributed by atoms with Gasteiger partial charge in [0, 0.05) is 37.6 Å². The van der Waals surface area contributed by atoms with E-state index in [4.69, 9.17) is 0 Å². The Balaban J connectivity index is 1.50. The zero-order valence-electron chi connectivity index (χ0n) is 16.2. The molecule has 1 aliphatic rings. The van der Waals surface area contributed by atoms with Crippen molar-refractivity contribution in [1.82, 2.24) is 14.6 Å². The van der Waals surface area contributed by atoms with Gasteiger partial charge in [0.2, 0.25) is 10.0 Å². The molecule has 0 atom stereocenters. The third-order valence-electron chi connectivity index (χ3n) is 5.16. The second-order valence-electron chi connectivity index (χ2n) is 7.22. The summed E-state index contributed by atoms with van der Waals surface area (Å²) in [7, 11) is -3.50. The van der Waals surface area contributed by atoms with Crippen molar-refractivity contribution in [3.63, 3.8) is 0 Å². The summed E-state index contributed by atoms with van der Waals surface area (Å²) in [5, 5.41) is 0. The monoisotopic (exact) mass is 401 g/mol. The van der Waals surface area contributed by atoms with Gasteiger partial charge >= 0.3 is 0 Å². The largest absolute Gasteiger partial charge is 0.339 e. The van der Waals surface area contributed by atoms with Crippen LogP contribution in [0.4, 0.5) is 0 Å². The number of sulfonamides is 1. The van der Waals surface area contributed by atoms with E-state index in [0.29, 0.717) is 30.1 Å². The lowest BCUT2D eigenvalue weighted by Gasteiger charge is -2.32. The molecule has 2 heterocycles. The fraction of sp³-hybridized carbons (Fsp3) is 0.429. The van der Waals surface area contributed by atoms with Crippen molar-refractivity contribution < 1.29 is 13.2 Å². The van der Waals surface area contributed by atoms with Crippen molar-refractivity contribution in [3.8, 4) is 0 Å². The molecule has 2 aromatic rings. The van der Waals surface area contributed by atoms with Gasteiger partial charge in [0.15, 0.2) is 0 Å². The van der Waals surface area contributed by atoms with Crippen LogP contribution < -0.4 is 4.72 Å². The molecule has 0 radical (unpaired) electrons. The van der Waals surface area contributed by atoms with Crippen LogP contribution in [0.2, 0.25) is 0 Å². The van der Waals surface area contributed by atoms with Crippen molar-refractivity contribution in [2.75, 3.05) is 19.6 Å². The Morgan fingerprint density at radius 2 is 1.75 bits per heavy atom. The second-order valence-corrected chi connectivity index (χ2v) is 8.98. The predicted molar refractivity (Wildman–Crippen MR) is 108 cm³/mol. The van der Waals surface area contributed by atoms with Crippen molar-refractivity contribution in [3.05, 3.63) is 59.9 Å². The van der Waals surface area contributed by atoms with Crippen molar-refractivity contribution >= 4 is 15.9 Å². The number of carbonyl (C=O) groups excluding carboxylic acids is 1. The molecule has 0 bridgehead atoms. The molecule has 6 nitrogen and oxygen atoms in total. The first-order chi connectivity index (χ1) is 13.5. The predicted octanol–water partition coefficient (Wildman–Crippen LogP) is 2.86. The number of nitrogens with zero attached hydrogens (tertiary/aromatic N) is 2. The average molecular weight is 402 g/mol. The number of hydrogen-bond donors (Lipinski definition) is 1. The Labute approximate surface area is 167 Å². The van der Waals surface area contributed by atoms with E-state index in [0.717, 1.165) is 31.2 Å². The Morgan fingerprint density at radius 1 is 1.11 bits per heavy atom. The lowest BCUT2D eigenvalue weighted by atomic mass is 9.97. The van der Waals surface area contributed by atoms with Gasteiger partial charge < -0.3 is 4.90 Å². The highest BCUT2D eigenvalue weighted by molar-refractivity contribution is 7.89. The molecule has 28 heavy (non-hydrogen) atoms. The topological polar surface area (TPSA) is 79.4 Å². The molecule has 0 saturated carbocycles. The molecule has 0 unspecified atom stereocenters. The lowest BCUT2D eigenvalue weighted by Crippen LogP contribution is -2.41. The molecule has 1 N–H and O–H groups in total. The van der Waals surface area contributed by atoms with Gasteiger partial charge in [0.05, 0.1) is 4.90 Å². The maximum atomic E-state index is 12.5. The number of hydrogen-bond acceptors (Lipinski definition) is 4. The number of carbonyl (C=O) groups is 1. The van der Waals surface area contributed by atoms with Gasteiger partial charge in [-0.05, 0) is 55.0 Å². The second kappa shape index (κ2) is 9.30. The highest BCUT2D eigenvalue weighted by Gasteiger charge is 2.25. The van der Waals surface area contributed by atoms with Gasteiger partial charge in [0.1, 0.15) is 0 Å². The summed E-state index contributed by atoms with van der Waals surface area (Å²) in [4.78, 5) is 18.5. The van der Waals surface area contributed by atoms with E-state index in [1.165, 1.54) is 0 Å². The zero-order chi connectivity index (χ0) is 20.0. The number of piperidine rings is 1. The zero-order valence-corrected chi connectivity index (χ0v) is 17.0. The Kier molecular flexibility index (Phi) is 6.80. The van der Waals surface area contributed by atoms with Gasteiger partial charge in [0.25, 0.3) is 5.91 Å². The van der Waals surface area contributed by atoms with Crippen LogP contribution in [0.25, 0.3) is 0 Å². The molecule has 1 aromatic carbocycles. The van der Waals surface area contributed by atoms with Crippen LogP contribution in [0.15, 0.2) is 53.7 Å². The number of benzene rings is 1. The van der Waals surface area contributed by atoms with E-state index in [9.17, 15) is 13.2 Å². The summed E-state index contributed by atoms with van der Waals surface area (Å²) >= 11 is 0. The van der Waals surface area contributed by atoms with Gasteiger partial charge in [-0.15, -0.1) is 0 Å². The van der Waals surface area contributed by atoms with E-state index in [1.807, 2.05) is 17.0 Å². The average Bonchev–Trinajstić information content (AvgIpc) is 2.73. The number of likely N-dealkylation sites (tertiary alicyclic amines) is 1. The Morgan fingerprint density at radius 3 is 2.36 bits per heavy atom. The number of nitrogens with one attached hydrogen (secondary N) is 1. The molecule has 1 fully saturated rings. The first-order valence-corrected chi connectivity index (χ1v) is 11.3. The van der Waals surface area contributed by atoms with E-state index in [1.54, 1.807) is 36.7 Å². The smallest absolute Gasteiger partial charge is 0.253 e. The number of aryl methyl sites for hydroxylation is 1. The standard InChI is InChI=1S/C21H27N3O3S/c1-2-3-17-4-6-20(7-5-17)28(26,27)23-16-18-10-14-24(15-11-18)21(25)19-8-12-22-13-9-19/h4-9,12-13,18,23H,2-3,10-11,14-16H2,1H3. The van der Waals surface area contributed by atoms with Crippen LogP contribution in [0.1, 0.15) is 42.1 Å². The summed E-state index contributed by atoms with van der Waals surface area (Å²) in [6.45, 7) is 3.77. The molecule has 1 aromatic heterocycles. The highest BCUT2D eigenvalue weighted by atomic mass is 32.2.